The molecule has 0 aliphatic heterocycles. The number of hydrogen-bond acceptors (Lipinski definition) is 1. The summed E-state index contributed by atoms with van der Waals surface area (Å²) in [6, 6.07) is 0. The van der Waals surface area contributed by atoms with Gasteiger partial charge in [-0.2, -0.15) is 0 Å². The van der Waals surface area contributed by atoms with Gasteiger partial charge < -0.3 is 5.11 Å². The van der Waals surface area contributed by atoms with Crippen LogP contribution in [0.3, 0.4) is 0 Å². The summed E-state index contributed by atoms with van der Waals surface area (Å²) in [6.07, 6.45) is 7.86. The van der Waals surface area contributed by atoms with E-state index in [-0.39, 0.29) is 0 Å². The summed E-state index contributed by atoms with van der Waals surface area (Å²) in [5, 5.41) is 8.55. The molecule has 1 nitrogen and oxygen atoms in total. The Balaban J connectivity index is 1.85. The standard InChI is InChI=1S/C10H20O/c1-9(10-6-7-10)5-3-2-4-8-11/h9-11H,2-8H2,1H3. The van der Waals surface area contributed by atoms with Gasteiger partial charge in [-0.1, -0.05) is 26.2 Å². The van der Waals surface area contributed by atoms with Crippen molar-refractivity contribution in [1.29, 1.82) is 0 Å². The molecule has 1 aliphatic carbocycles. The third-order valence-electron chi connectivity index (χ3n) is 2.74. The van der Waals surface area contributed by atoms with Crippen LogP contribution in [0.15, 0.2) is 0 Å². The first-order chi connectivity index (χ1) is 5.34. The van der Waals surface area contributed by atoms with E-state index in [2.05, 4.69) is 6.92 Å². The van der Waals surface area contributed by atoms with Crippen molar-refractivity contribution in [1.82, 2.24) is 0 Å². The minimum absolute atomic E-state index is 0.373. The molecule has 0 heterocycles. The van der Waals surface area contributed by atoms with Crippen LogP contribution in [0.2, 0.25) is 0 Å². The van der Waals surface area contributed by atoms with Crippen LogP contribution in [0.1, 0.15) is 45.4 Å². The maximum absolute atomic E-state index is 8.55. The van der Waals surface area contributed by atoms with Gasteiger partial charge in [0.2, 0.25) is 0 Å². The van der Waals surface area contributed by atoms with Crippen LogP contribution >= 0.6 is 0 Å². The molecule has 1 atom stereocenters. The highest BCUT2D eigenvalue weighted by molar-refractivity contribution is 4.78. The Labute approximate surface area is 69.8 Å². The SMILES string of the molecule is CC(CCCCCO)C1CC1. The van der Waals surface area contributed by atoms with Crippen molar-refractivity contribution < 1.29 is 5.11 Å². The zero-order valence-electron chi connectivity index (χ0n) is 7.55. The maximum Gasteiger partial charge on any atom is 0.0431 e. The predicted octanol–water partition coefficient (Wildman–Crippen LogP) is 2.59. The highest BCUT2D eigenvalue weighted by atomic mass is 16.2. The van der Waals surface area contributed by atoms with Crippen molar-refractivity contribution >= 4 is 0 Å². The second-order valence-electron chi connectivity index (χ2n) is 3.89. The normalized spacial score (nSPS) is 20.2. The van der Waals surface area contributed by atoms with E-state index in [9.17, 15) is 0 Å². The highest BCUT2D eigenvalue weighted by Crippen LogP contribution is 2.38. The van der Waals surface area contributed by atoms with E-state index in [0.717, 1.165) is 18.3 Å². The number of rotatable bonds is 6. The summed E-state index contributed by atoms with van der Waals surface area (Å²) >= 11 is 0. The van der Waals surface area contributed by atoms with Gasteiger partial charge in [0.1, 0.15) is 0 Å². The van der Waals surface area contributed by atoms with Crippen molar-refractivity contribution in [3.8, 4) is 0 Å². The minimum atomic E-state index is 0.373. The molecule has 11 heavy (non-hydrogen) atoms. The van der Waals surface area contributed by atoms with Crippen LogP contribution in [0.4, 0.5) is 0 Å². The Hall–Kier alpha value is -0.0400. The fourth-order valence-electron chi connectivity index (χ4n) is 1.66. The zero-order valence-corrected chi connectivity index (χ0v) is 7.55. The van der Waals surface area contributed by atoms with Crippen LogP contribution in [-0.2, 0) is 0 Å². The molecule has 1 saturated carbocycles. The molecule has 0 aromatic carbocycles. The van der Waals surface area contributed by atoms with Crippen molar-refractivity contribution in [3.63, 3.8) is 0 Å². The number of aliphatic hydroxyl groups excluding tert-OH is 1. The smallest absolute Gasteiger partial charge is 0.0431 e. The first-order valence-electron chi connectivity index (χ1n) is 4.95. The summed E-state index contributed by atoms with van der Waals surface area (Å²) in [7, 11) is 0. The van der Waals surface area contributed by atoms with E-state index in [4.69, 9.17) is 5.11 Å². The quantitative estimate of drug-likeness (QED) is 0.586. The van der Waals surface area contributed by atoms with E-state index in [1.54, 1.807) is 0 Å². The lowest BCUT2D eigenvalue weighted by Crippen LogP contribution is -1.96. The van der Waals surface area contributed by atoms with E-state index >= 15 is 0 Å². The summed E-state index contributed by atoms with van der Waals surface area (Å²) in [5.74, 6) is 2.01. The Morgan fingerprint density at radius 2 is 2.00 bits per heavy atom. The van der Waals surface area contributed by atoms with Gasteiger partial charge in [-0.15, -0.1) is 0 Å². The first kappa shape index (κ1) is 9.05. The molecule has 0 radical (unpaired) electrons. The van der Waals surface area contributed by atoms with Crippen molar-refractivity contribution in [2.75, 3.05) is 6.61 Å². The van der Waals surface area contributed by atoms with E-state index in [0.29, 0.717) is 6.61 Å². The van der Waals surface area contributed by atoms with Crippen molar-refractivity contribution in [3.05, 3.63) is 0 Å². The van der Waals surface area contributed by atoms with Crippen LogP contribution in [0, 0.1) is 11.8 Å². The number of unbranched alkanes of at least 4 members (excludes halogenated alkanes) is 2. The molecular weight excluding hydrogens is 136 g/mol. The molecule has 1 aliphatic rings. The monoisotopic (exact) mass is 156 g/mol. The molecule has 0 bridgehead atoms. The second-order valence-corrected chi connectivity index (χ2v) is 3.89. The van der Waals surface area contributed by atoms with Gasteiger partial charge in [-0.3, -0.25) is 0 Å². The molecule has 0 aromatic rings. The molecule has 1 rings (SSSR count). The van der Waals surface area contributed by atoms with Crippen LogP contribution in [0.25, 0.3) is 0 Å². The Bertz CT molecular complexity index is 97.0. The summed E-state index contributed by atoms with van der Waals surface area (Å²) in [4.78, 5) is 0. The van der Waals surface area contributed by atoms with Crippen molar-refractivity contribution in [2.45, 2.75) is 45.4 Å². The largest absolute Gasteiger partial charge is 0.396 e. The van der Waals surface area contributed by atoms with Crippen LogP contribution in [-0.4, -0.2) is 11.7 Å². The third-order valence-corrected chi connectivity index (χ3v) is 2.74. The second kappa shape index (κ2) is 4.76. The Morgan fingerprint density at radius 3 is 2.55 bits per heavy atom. The van der Waals surface area contributed by atoms with Gasteiger partial charge >= 0.3 is 0 Å². The van der Waals surface area contributed by atoms with Gasteiger partial charge in [0, 0.05) is 6.61 Å². The molecule has 1 unspecified atom stereocenters. The average Bonchev–Trinajstić information content (AvgIpc) is 2.79. The Morgan fingerprint density at radius 1 is 1.27 bits per heavy atom. The predicted molar refractivity (Wildman–Crippen MR) is 47.4 cm³/mol. The molecule has 1 fully saturated rings. The van der Waals surface area contributed by atoms with E-state index in [1.165, 1.54) is 32.1 Å². The molecule has 1 N–H and O–H groups in total. The third kappa shape index (κ3) is 3.76. The lowest BCUT2D eigenvalue weighted by atomic mass is 9.99. The lowest BCUT2D eigenvalue weighted by molar-refractivity contribution is 0.280. The van der Waals surface area contributed by atoms with E-state index in [1.807, 2.05) is 0 Å². The van der Waals surface area contributed by atoms with Gasteiger partial charge in [0.05, 0.1) is 0 Å². The topological polar surface area (TPSA) is 20.2 Å². The summed E-state index contributed by atoms with van der Waals surface area (Å²) in [6.45, 7) is 2.74. The average molecular weight is 156 g/mol. The summed E-state index contributed by atoms with van der Waals surface area (Å²) in [5.41, 5.74) is 0. The van der Waals surface area contributed by atoms with Crippen LogP contribution in [0.5, 0.6) is 0 Å². The molecule has 0 aromatic heterocycles. The van der Waals surface area contributed by atoms with Crippen molar-refractivity contribution in [2.24, 2.45) is 11.8 Å². The van der Waals surface area contributed by atoms with Gasteiger partial charge in [-0.25, -0.2) is 0 Å². The fourth-order valence-corrected chi connectivity index (χ4v) is 1.66. The zero-order chi connectivity index (χ0) is 8.10. The Kier molecular flexibility index (Phi) is 3.92. The lowest BCUT2D eigenvalue weighted by Gasteiger charge is -2.08. The highest BCUT2D eigenvalue weighted by Gasteiger charge is 2.26. The van der Waals surface area contributed by atoms with E-state index < -0.39 is 0 Å². The molecule has 66 valence electrons. The van der Waals surface area contributed by atoms with Gasteiger partial charge in [-0.05, 0) is 31.1 Å². The first-order valence-corrected chi connectivity index (χ1v) is 4.95. The molecule has 0 amide bonds. The maximum atomic E-state index is 8.55. The fraction of sp³-hybridized carbons (Fsp3) is 1.00. The van der Waals surface area contributed by atoms with Gasteiger partial charge in [0.15, 0.2) is 0 Å². The molecule has 0 saturated heterocycles. The molecule has 0 spiro atoms. The van der Waals surface area contributed by atoms with Crippen LogP contribution < -0.4 is 0 Å². The summed E-state index contributed by atoms with van der Waals surface area (Å²) < 4.78 is 0. The molecular formula is C10H20O. The van der Waals surface area contributed by atoms with Gasteiger partial charge in [0.25, 0.3) is 0 Å². The molecule has 1 heteroatoms. The number of aliphatic hydroxyl groups is 1. The number of hydrogen-bond donors (Lipinski definition) is 1. The minimum Gasteiger partial charge on any atom is -0.396 e.